The molecule has 0 amide bonds. The molecule has 2 saturated heterocycles. The van der Waals surface area contributed by atoms with Crippen LogP contribution < -0.4 is 15.1 Å². The van der Waals surface area contributed by atoms with Gasteiger partial charge in [0.1, 0.15) is 0 Å². The number of rotatable bonds is 5. The number of hydrogen-bond acceptors (Lipinski definition) is 11. The van der Waals surface area contributed by atoms with E-state index in [1.54, 1.807) is 69.4 Å². The zero-order chi connectivity index (χ0) is 37.4. The highest BCUT2D eigenvalue weighted by molar-refractivity contribution is 8.13. The molecule has 2 aliphatic heterocycles. The van der Waals surface area contributed by atoms with Crippen molar-refractivity contribution in [2.24, 2.45) is 0 Å². The Morgan fingerprint density at radius 2 is 1.11 bits per heavy atom. The zero-order valence-corrected chi connectivity index (χ0v) is 36.2. The van der Waals surface area contributed by atoms with Crippen LogP contribution in [0.2, 0.25) is 10.0 Å². The second-order valence-electron chi connectivity index (χ2n) is 12.1. The number of nitrogens with one attached hydrogen (secondary N) is 1. The summed E-state index contributed by atoms with van der Waals surface area (Å²) >= 11 is 15.4. The highest BCUT2D eigenvalue weighted by atomic mass is 35.7. The Kier molecular flexibility index (Phi) is 18.6. The summed E-state index contributed by atoms with van der Waals surface area (Å²) in [6.45, 7) is 6.64. The lowest BCUT2D eigenvalue weighted by Crippen LogP contribution is -2.35. The third-order valence-corrected chi connectivity index (χ3v) is 14.3. The lowest BCUT2D eigenvalue weighted by molar-refractivity contribution is 0.433. The Bertz CT molecular complexity index is 2340. The fraction of sp³-hybridized carbons (Fsp3) is 0.289. The molecule has 0 radical (unpaired) electrons. The Morgan fingerprint density at radius 3 is 1.62 bits per heavy atom. The smallest absolute Gasteiger partial charge is 0.261 e. The maximum Gasteiger partial charge on any atom is 0.261 e. The summed E-state index contributed by atoms with van der Waals surface area (Å²) in [6, 6.07) is 28.0. The van der Waals surface area contributed by atoms with Crippen molar-refractivity contribution in [1.29, 1.82) is 0 Å². The predicted molar refractivity (Wildman–Crippen MR) is 241 cm³/mol. The molecule has 304 valence electrons. The molecule has 0 unspecified atom stereocenters. The average molecular weight is 920 g/mol. The summed E-state index contributed by atoms with van der Waals surface area (Å²) in [6.07, 6.45) is 1.94. The minimum atomic E-state index is -3.53. The van der Waals surface area contributed by atoms with Crippen LogP contribution in [0.1, 0.15) is 20.3 Å². The van der Waals surface area contributed by atoms with E-state index in [1.807, 2.05) is 42.5 Å². The van der Waals surface area contributed by atoms with Gasteiger partial charge < -0.3 is 22.5 Å². The van der Waals surface area contributed by atoms with Crippen molar-refractivity contribution in [1.82, 2.24) is 19.6 Å². The fourth-order valence-electron chi connectivity index (χ4n) is 5.73. The third-order valence-electron chi connectivity index (χ3n) is 8.42. The average Bonchev–Trinajstić information content (AvgIpc) is 3.53. The van der Waals surface area contributed by atoms with Gasteiger partial charge in [-0.25, -0.2) is 26.8 Å². The van der Waals surface area contributed by atoms with Gasteiger partial charge in [0.15, 0.2) is 10.3 Å². The normalized spacial score (nSPS) is 15.1. The van der Waals surface area contributed by atoms with Crippen molar-refractivity contribution in [3.05, 3.63) is 115 Å². The summed E-state index contributed by atoms with van der Waals surface area (Å²) in [7, 11) is -1.95. The Morgan fingerprint density at radius 1 is 0.607 bits per heavy atom. The number of aromatic nitrogens is 2. The van der Waals surface area contributed by atoms with Crippen LogP contribution >= 0.6 is 69.0 Å². The highest BCUT2D eigenvalue weighted by Crippen LogP contribution is 2.32. The van der Waals surface area contributed by atoms with Gasteiger partial charge in [0.05, 0.1) is 30.2 Å². The number of anilines is 2. The first-order chi connectivity index (χ1) is 25.5. The van der Waals surface area contributed by atoms with Gasteiger partial charge in [0.25, 0.3) is 9.05 Å². The van der Waals surface area contributed by atoms with Crippen LogP contribution in [0.4, 0.5) is 10.3 Å². The number of benzene rings is 4. The lowest BCUT2D eigenvalue weighted by atomic mass is 10.3. The second kappa shape index (κ2) is 21.8. The molecule has 4 heterocycles. The molecular weight excluding hydrogens is 875 g/mol. The van der Waals surface area contributed by atoms with E-state index in [0.29, 0.717) is 29.6 Å². The van der Waals surface area contributed by atoms with Gasteiger partial charge in [-0.2, -0.15) is 4.31 Å². The Labute approximate surface area is 359 Å². The number of nitrogens with zero attached hydrogens (tertiary/aromatic N) is 5. The van der Waals surface area contributed by atoms with Crippen LogP contribution in [0.3, 0.4) is 0 Å². The number of sulfonamides is 1. The summed E-state index contributed by atoms with van der Waals surface area (Å²) in [5, 5.41) is 6.92. The Balaban J connectivity index is 0.000000242. The van der Waals surface area contributed by atoms with Gasteiger partial charge >= 0.3 is 0 Å². The first kappa shape index (κ1) is 47.6. The number of fused-ring (bicyclic) bond motifs is 2. The lowest BCUT2D eigenvalue weighted by Gasteiger charge is -2.21. The van der Waals surface area contributed by atoms with E-state index < -0.39 is 19.1 Å². The van der Waals surface area contributed by atoms with E-state index in [2.05, 4.69) is 25.1 Å². The molecule has 0 saturated carbocycles. The standard InChI is InChI=1S/C18H18ClN3O2S2.C12H14ClN3S.C6H5ClO2S.CH4.CH3.ClH/c19-14-7-8-16-17(13-14)25-18(20-16)21-9-4-10-22(12-11-21)26(23,24)15-5-2-1-3-6-15;13-9-2-3-10-11(8-9)17-12(15-10)16-6-1-4-14-5-7-16;7-10(8,9)6-4-2-1-3-5-6;;;/h1-3,5-8,13H,4,9-12H2;2-3,8,14H,1,4-7H2;1-5H;1H4;1H3;1H/q;;;;-1;. The molecular formula is C38H45Cl4N6O4S4-. The van der Waals surface area contributed by atoms with Gasteiger partial charge in [-0.1, -0.05) is 89.7 Å². The molecule has 2 aromatic heterocycles. The van der Waals surface area contributed by atoms with Crippen molar-refractivity contribution in [2.75, 3.05) is 62.2 Å². The molecule has 10 nitrogen and oxygen atoms in total. The van der Waals surface area contributed by atoms with E-state index in [4.69, 9.17) is 33.9 Å². The number of halogens is 4. The molecule has 1 N–H and O–H groups in total. The molecule has 6 aromatic rings. The minimum absolute atomic E-state index is 0. The molecule has 56 heavy (non-hydrogen) atoms. The van der Waals surface area contributed by atoms with Gasteiger partial charge in [-0.3, -0.25) is 0 Å². The van der Waals surface area contributed by atoms with E-state index >= 15 is 0 Å². The predicted octanol–water partition coefficient (Wildman–Crippen LogP) is 9.72. The van der Waals surface area contributed by atoms with Crippen molar-refractivity contribution < 1.29 is 16.8 Å². The fourth-order valence-corrected chi connectivity index (χ4v) is 10.6. The topological polar surface area (TPSA) is 116 Å². The minimum Gasteiger partial charge on any atom is -0.358 e. The van der Waals surface area contributed by atoms with Gasteiger partial charge in [0.2, 0.25) is 10.0 Å². The molecule has 2 fully saturated rings. The van der Waals surface area contributed by atoms with Crippen LogP contribution in [0.15, 0.2) is 107 Å². The zero-order valence-electron chi connectivity index (χ0n) is 29.9. The van der Waals surface area contributed by atoms with Crippen molar-refractivity contribution in [3.63, 3.8) is 0 Å². The van der Waals surface area contributed by atoms with Crippen LogP contribution in [-0.2, 0) is 19.1 Å². The molecule has 0 spiro atoms. The van der Waals surface area contributed by atoms with Crippen molar-refractivity contribution in [3.8, 4) is 0 Å². The molecule has 0 bridgehead atoms. The van der Waals surface area contributed by atoms with Crippen LogP contribution in [0, 0.1) is 7.43 Å². The molecule has 8 rings (SSSR count). The summed E-state index contributed by atoms with van der Waals surface area (Å²) in [4.78, 5) is 14.4. The van der Waals surface area contributed by atoms with E-state index in [0.717, 1.165) is 70.2 Å². The highest BCUT2D eigenvalue weighted by Gasteiger charge is 2.27. The summed E-state index contributed by atoms with van der Waals surface area (Å²) < 4.78 is 50.7. The summed E-state index contributed by atoms with van der Waals surface area (Å²) in [5.74, 6) is 0. The number of hydrogen-bond donors (Lipinski definition) is 1. The monoisotopic (exact) mass is 917 g/mol. The van der Waals surface area contributed by atoms with Crippen molar-refractivity contribution >= 4 is 119 Å². The van der Waals surface area contributed by atoms with E-state index in [-0.39, 0.29) is 32.2 Å². The first-order valence-electron chi connectivity index (χ1n) is 16.8. The SMILES string of the molecule is C.Cl.Clc1ccc2nc(N3CCCNCC3)sc2c1.O=S(=O)(Cl)c1ccccc1.O=S(=O)(c1ccccc1)N1CCCN(c2nc3ccc(Cl)cc3s2)CC1.[CH3-]. The van der Waals surface area contributed by atoms with E-state index in [9.17, 15) is 16.8 Å². The first-order valence-corrected chi connectivity index (χ1v) is 23.0. The molecule has 2 aliphatic rings. The molecule has 18 heteroatoms. The molecule has 4 aromatic carbocycles. The Hall–Kier alpha value is -2.76. The quantitative estimate of drug-likeness (QED) is 0.133. The van der Waals surface area contributed by atoms with Crippen molar-refractivity contribution in [2.45, 2.75) is 30.1 Å². The van der Waals surface area contributed by atoms with E-state index in [1.165, 1.54) is 23.3 Å². The van der Waals surface area contributed by atoms with Gasteiger partial charge in [-0.05, 0) is 80.1 Å². The largest absolute Gasteiger partial charge is 0.358 e. The molecule has 0 aliphatic carbocycles. The third kappa shape index (κ3) is 12.6. The number of thiazole rings is 2. The van der Waals surface area contributed by atoms with Crippen LogP contribution in [0.25, 0.3) is 20.4 Å². The second-order valence-corrected chi connectivity index (χ2v) is 19.5. The maximum atomic E-state index is 12.8. The summed E-state index contributed by atoms with van der Waals surface area (Å²) in [5.41, 5.74) is 1.97. The molecule has 0 atom stereocenters. The van der Waals surface area contributed by atoms with Gasteiger partial charge in [-0.15, -0.1) is 12.4 Å². The maximum absolute atomic E-state index is 12.8. The van der Waals surface area contributed by atoms with Crippen LogP contribution in [-0.4, -0.2) is 83.5 Å². The van der Waals surface area contributed by atoms with Crippen LogP contribution in [0.5, 0.6) is 0 Å². The van der Waals surface area contributed by atoms with Gasteiger partial charge in [0, 0.05) is 66.5 Å².